The topological polar surface area (TPSA) is 50.7 Å². The van der Waals surface area contributed by atoms with Gasteiger partial charge in [0.05, 0.1) is 6.21 Å². The maximum atomic E-state index is 11.4. The van der Waals surface area contributed by atoms with E-state index >= 15 is 0 Å². The van der Waals surface area contributed by atoms with Gasteiger partial charge in [0.2, 0.25) is 0 Å². The second kappa shape index (κ2) is 5.87. The van der Waals surface area contributed by atoms with Crippen LogP contribution in [0.5, 0.6) is 0 Å². The van der Waals surface area contributed by atoms with Crippen molar-refractivity contribution in [3.05, 3.63) is 34.4 Å². The van der Waals surface area contributed by atoms with Crippen molar-refractivity contribution in [1.82, 2.24) is 5.43 Å². The Morgan fingerprint density at radius 3 is 2.21 bits per heavy atom. The van der Waals surface area contributed by atoms with E-state index in [2.05, 4.69) is 29.6 Å². The number of hydrazone groups is 1. The number of carbonyl (C=O) groups excluding carboxylic acids is 1. The van der Waals surface area contributed by atoms with Crippen LogP contribution in [-0.2, 0) is 4.74 Å². The summed E-state index contributed by atoms with van der Waals surface area (Å²) in [5.74, 6) is 0. The summed E-state index contributed by atoms with van der Waals surface area (Å²) >= 11 is 0. The molecule has 4 nitrogen and oxygen atoms in total. The highest BCUT2D eigenvalue weighted by Gasteiger charge is 2.15. The Balaban J connectivity index is 2.71. The zero-order valence-corrected chi connectivity index (χ0v) is 12.5. The van der Waals surface area contributed by atoms with Gasteiger partial charge in [0.25, 0.3) is 0 Å². The summed E-state index contributed by atoms with van der Waals surface area (Å²) in [6.45, 7) is 11.5. The number of benzene rings is 1. The fourth-order valence-electron chi connectivity index (χ4n) is 1.85. The lowest BCUT2D eigenvalue weighted by atomic mass is 10.0. The van der Waals surface area contributed by atoms with E-state index in [-0.39, 0.29) is 0 Å². The molecule has 0 aromatic heterocycles. The van der Waals surface area contributed by atoms with Crippen LogP contribution in [0.1, 0.15) is 43.0 Å². The first-order valence-electron chi connectivity index (χ1n) is 6.29. The highest BCUT2D eigenvalue weighted by Crippen LogP contribution is 2.14. The molecule has 0 radical (unpaired) electrons. The van der Waals surface area contributed by atoms with Crippen molar-refractivity contribution in [3.63, 3.8) is 0 Å². The Kier molecular flexibility index (Phi) is 4.70. The fourth-order valence-corrected chi connectivity index (χ4v) is 1.85. The number of ether oxygens (including phenoxy) is 1. The van der Waals surface area contributed by atoms with Gasteiger partial charge in [-0.2, -0.15) is 5.10 Å². The molecule has 104 valence electrons. The van der Waals surface area contributed by atoms with Crippen molar-refractivity contribution < 1.29 is 9.53 Å². The molecule has 1 amide bonds. The molecule has 0 saturated carbocycles. The predicted molar refractivity (Wildman–Crippen MR) is 77.6 cm³/mol. The largest absolute Gasteiger partial charge is 0.443 e. The van der Waals surface area contributed by atoms with Crippen molar-refractivity contribution in [3.8, 4) is 0 Å². The van der Waals surface area contributed by atoms with Crippen molar-refractivity contribution in [2.75, 3.05) is 0 Å². The van der Waals surface area contributed by atoms with Crippen molar-refractivity contribution >= 4 is 12.3 Å². The number of carbonyl (C=O) groups is 1. The van der Waals surface area contributed by atoms with Crippen LogP contribution in [0, 0.1) is 20.8 Å². The second-order valence-electron chi connectivity index (χ2n) is 5.68. The first kappa shape index (κ1) is 15.2. The van der Waals surface area contributed by atoms with E-state index in [1.54, 1.807) is 6.21 Å². The summed E-state index contributed by atoms with van der Waals surface area (Å²) < 4.78 is 5.09. The number of nitrogens with one attached hydrogen (secondary N) is 1. The molecular formula is C15H22N2O2. The molecule has 0 unspecified atom stereocenters. The van der Waals surface area contributed by atoms with Crippen LogP contribution in [-0.4, -0.2) is 17.9 Å². The molecule has 1 aromatic carbocycles. The number of aryl methyl sites for hydroxylation is 3. The fraction of sp³-hybridized carbons (Fsp3) is 0.467. The molecule has 1 aromatic rings. The molecular weight excluding hydrogens is 240 g/mol. The third-order valence-electron chi connectivity index (χ3n) is 2.49. The minimum atomic E-state index is -0.550. The Morgan fingerprint density at radius 1 is 1.21 bits per heavy atom. The van der Waals surface area contributed by atoms with Crippen LogP contribution >= 0.6 is 0 Å². The van der Waals surface area contributed by atoms with E-state index in [0.717, 1.165) is 16.7 Å². The minimum Gasteiger partial charge on any atom is -0.443 e. The number of rotatable bonds is 2. The van der Waals surface area contributed by atoms with Crippen LogP contribution in [0.15, 0.2) is 17.2 Å². The lowest BCUT2D eigenvalue weighted by molar-refractivity contribution is 0.0529. The summed E-state index contributed by atoms with van der Waals surface area (Å²) in [6, 6.07) is 4.17. The van der Waals surface area contributed by atoms with Gasteiger partial charge in [-0.15, -0.1) is 0 Å². The molecule has 19 heavy (non-hydrogen) atoms. The number of amides is 1. The predicted octanol–water partition coefficient (Wildman–Crippen LogP) is 3.47. The Hall–Kier alpha value is -1.84. The highest BCUT2D eigenvalue weighted by atomic mass is 16.6. The summed E-state index contributed by atoms with van der Waals surface area (Å²) in [5, 5.41) is 3.93. The zero-order valence-electron chi connectivity index (χ0n) is 12.5. The first-order chi connectivity index (χ1) is 8.69. The van der Waals surface area contributed by atoms with E-state index in [1.165, 1.54) is 5.56 Å². The quantitative estimate of drug-likeness (QED) is 0.655. The molecule has 0 spiro atoms. The van der Waals surface area contributed by atoms with Gasteiger partial charge in [-0.05, 0) is 52.7 Å². The Labute approximate surface area is 114 Å². The van der Waals surface area contributed by atoms with Crippen LogP contribution < -0.4 is 5.43 Å². The molecule has 0 aliphatic rings. The zero-order chi connectivity index (χ0) is 14.6. The van der Waals surface area contributed by atoms with Gasteiger partial charge in [0, 0.05) is 5.56 Å². The van der Waals surface area contributed by atoms with Gasteiger partial charge in [-0.25, -0.2) is 10.2 Å². The maximum absolute atomic E-state index is 11.4. The molecule has 0 heterocycles. The molecule has 1 rings (SSSR count). The van der Waals surface area contributed by atoms with Crippen LogP contribution in [0.4, 0.5) is 4.79 Å². The van der Waals surface area contributed by atoms with Gasteiger partial charge in [-0.1, -0.05) is 17.7 Å². The van der Waals surface area contributed by atoms with Gasteiger partial charge in [-0.3, -0.25) is 0 Å². The lowest BCUT2D eigenvalue weighted by Crippen LogP contribution is -2.29. The molecule has 0 bridgehead atoms. The summed E-state index contributed by atoms with van der Waals surface area (Å²) in [6.07, 6.45) is 1.10. The standard InChI is InChI=1S/C15H22N2O2/c1-10-7-11(2)13(12(3)8-10)9-16-17-14(18)19-15(4,5)6/h7-9H,1-6H3,(H,17,18). The molecule has 0 atom stereocenters. The van der Waals surface area contributed by atoms with Crippen molar-refractivity contribution in [2.24, 2.45) is 5.10 Å². The molecule has 0 aliphatic carbocycles. The van der Waals surface area contributed by atoms with E-state index in [4.69, 9.17) is 4.74 Å². The van der Waals surface area contributed by atoms with Gasteiger partial charge in [0.15, 0.2) is 0 Å². The summed E-state index contributed by atoms with van der Waals surface area (Å²) in [4.78, 5) is 11.4. The molecule has 0 fully saturated rings. The van der Waals surface area contributed by atoms with E-state index in [1.807, 2.05) is 34.6 Å². The lowest BCUT2D eigenvalue weighted by Gasteiger charge is -2.18. The van der Waals surface area contributed by atoms with Crippen LogP contribution in [0.25, 0.3) is 0 Å². The monoisotopic (exact) mass is 262 g/mol. The Bertz CT molecular complexity index is 476. The summed E-state index contributed by atoms with van der Waals surface area (Å²) in [7, 11) is 0. The van der Waals surface area contributed by atoms with Gasteiger partial charge < -0.3 is 4.74 Å². The molecule has 0 aliphatic heterocycles. The average molecular weight is 262 g/mol. The third kappa shape index (κ3) is 5.12. The van der Waals surface area contributed by atoms with Crippen molar-refractivity contribution in [1.29, 1.82) is 0 Å². The number of nitrogens with zero attached hydrogens (tertiary/aromatic N) is 1. The number of hydrogen-bond acceptors (Lipinski definition) is 3. The average Bonchev–Trinajstić information content (AvgIpc) is 2.19. The molecule has 1 N–H and O–H groups in total. The normalized spacial score (nSPS) is 11.7. The van der Waals surface area contributed by atoms with E-state index in [9.17, 15) is 4.79 Å². The van der Waals surface area contributed by atoms with E-state index in [0.29, 0.717) is 0 Å². The SMILES string of the molecule is Cc1cc(C)c(C=NNC(=O)OC(C)(C)C)c(C)c1. The van der Waals surface area contributed by atoms with Gasteiger partial charge >= 0.3 is 6.09 Å². The first-order valence-corrected chi connectivity index (χ1v) is 6.29. The molecule has 0 saturated heterocycles. The van der Waals surface area contributed by atoms with Crippen LogP contribution in [0.2, 0.25) is 0 Å². The minimum absolute atomic E-state index is 0.519. The smallest absolute Gasteiger partial charge is 0.428 e. The van der Waals surface area contributed by atoms with E-state index < -0.39 is 11.7 Å². The van der Waals surface area contributed by atoms with Gasteiger partial charge in [0.1, 0.15) is 5.60 Å². The second-order valence-corrected chi connectivity index (χ2v) is 5.68. The van der Waals surface area contributed by atoms with Crippen LogP contribution in [0.3, 0.4) is 0 Å². The Morgan fingerprint density at radius 2 is 1.74 bits per heavy atom. The number of hydrogen-bond donors (Lipinski definition) is 1. The third-order valence-corrected chi connectivity index (χ3v) is 2.49. The summed E-state index contributed by atoms with van der Waals surface area (Å²) in [5.41, 5.74) is 6.34. The highest BCUT2D eigenvalue weighted by molar-refractivity contribution is 5.84. The van der Waals surface area contributed by atoms with Crippen molar-refractivity contribution in [2.45, 2.75) is 47.1 Å². The molecule has 4 heteroatoms. The maximum Gasteiger partial charge on any atom is 0.428 e.